The topological polar surface area (TPSA) is 57.7 Å². The third-order valence-corrected chi connectivity index (χ3v) is 7.52. The molecule has 0 unspecified atom stereocenters. The Hall–Kier alpha value is -1.12. The molecule has 0 bridgehead atoms. The van der Waals surface area contributed by atoms with Crippen molar-refractivity contribution in [3.8, 4) is 0 Å². The molecule has 0 aromatic heterocycles. The van der Waals surface area contributed by atoms with E-state index in [9.17, 15) is 13.2 Å². The molecule has 138 valence electrons. The third-order valence-electron chi connectivity index (χ3n) is 4.13. The van der Waals surface area contributed by atoms with Crippen molar-refractivity contribution in [1.82, 2.24) is 9.21 Å². The van der Waals surface area contributed by atoms with Crippen LogP contribution in [0.25, 0.3) is 0 Å². The summed E-state index contributed by atoms with van der Waals surface area (Å²) in [6.45, 7) is 0.977. The Balaban J connectivity index is 1.74. The fourth-order valence-electron chi connectivity index (χ4n) is 2.76. The molecule has 3 rings (SSSR count). The Morgan fingerprint density at radius 3 is 2.00 bits per heavy atom. The van der Waals surface area contributed by atoms with Gasteiger partial charge in [0.2, 0.25) is 10.0 Å². The number of amides is 1. The monoisotopic (exact) mass is 476 g/mol. The summed E-state index contributed by atoms with van der Waals surface area (Å²) in [5.41, 5.74) is 0.568. The first-order chi connectivity index (χ1) is 12.3. The highest BCUT2D eigenvalue weighted by molar-refractivity contribution is 9.10. The molecule has 1 amide bonds. The van der Waals surface area contributed by atoms with E-state index in [0.717, 1.165) is 4.47 Å². The Bertz CT molecular complexity index is 907. The molecule has 9 heteroatoms. The van der Waals surface area contributed by atoms with Crippen LogP contribution in [0.4, 0.5) is 0 Å². The van der Waals surface area contributed by atoms with Crippen LogP contribution in [0.5, 0.6) is 0 Å². The fraction of sp³-hybridized carbons (Fsp3) is 0.235. The number of hydrogen-bond acceptors (Lipinski definition) is 3. The minimum absolute atomic E-state index is 0.0870. The highest BCUT2D eigenvalue weighted by atomic mass is 79.9. The number of halogens is 3. The van der Waals surface area contributed by atoms with Crippen LogP contribution in [0.2, 0.25) is 10.0 Å². The van der Waals surface area contributed by atoms with Crippen molar-refractivity contribution in [2.75, 3.05) is 26.2 Å². The Kier molecular flexibility index (Phi) is 5.94. The molecule has 2 aromatic rings. The molecule has 0 aliphatic carbocycles. The van der Waals surface area contributed by atoms with E-state index >= 15 is 0 Å². The van der Waals surface area contributed by atoms with E-state index in [0.29, 0.717) is 18.7 Å². The van der Waals surface area contributed by atoms with Crippen molar-refractivity contribution in [3.63, 3.8) is 0 Å². The van der Waals surface area contributed by atoms with Gasteiger partial charge in [0, 0.05) is 36.2 Å². The quantitative estimate of drug-likeness (QED) is 0.673. The van der Waals surface area contributed by atoms with Crippen LogP contribution >= 0.6 is 39.1 Å². The van der Waals surface area contributed by atoms with Gasteiger partial charge in [-0.1, -0.05) is 45.2 Å². The number of carbonyl (C=O) groups excluding carboxylic acids is 1. The molecule has 0 saturated carbocycles. The van der Waals surface area contributed by atoms with Gasteiger partial charge >= 0.3 is 0 Å². The third kappa shape index (κ3) is 3.92. The summed E-state index contributed by atoms with van der Waals surface area (Å²) in [5, 5.41) is 0.178. The maximum absolute atomic E-state index is 12.9. The molecular formula is C17H15BrCl2N2O3S. The van der Waals surface area contributed by atoms with Crippen LogP contribution < -0.4 is 0 Å². The minimum Gasteiger partial charge on any atom is -0.336 e. The van der Waals surface area contributed by atoms with Gasteiger partial charge in [0.05, 0.1) is 10.0 Å². The van der Waals surface area contributed by atoms with Crippen LogP contribution in [0.3, 0.4) is 0 Å². The first-order valence-electron chi connectivity index (χ1n) is 7.80. The second-order valence-corrected chi connectivity index (χ2v) is 9.36. The van der Waals surface area contributed by atoms with Crippen molar-refractivity contribution < 1.29 is 13.2 Å². The van der Waals surface area contributed by atoms with Crippen LogP contribution in [0.1, 0.15) is 10.4 Å². The van der Waals surface area contributed by atoms with Crippen LogP contribution in [-0.2, 0) is 10.0 Å². The SMILES string of the molecule is O=C(c1ccc(Br)cc1)N1CCN(S(=O)(=O)c2c(Cl)cccc2Cl)CC1. The highest BCUT2D eigenvalue weighted by Crippen LogP contribution is 2.32. The van der Waals surface area contributed by atoms with Crippen LogP contribution in [0, 0.1) is 0 Å². The van der Waals surface area contributed by atoms with Gasteiger partial charge in [0.1, 0.15) is 4.90 Å². The van der Waals surface area contributed by atoms with Crippen molar-refractivity contribution in [3.05, 3.63) is 62.5 Å². The Morgan fingerprint density at radius 1 is 0.923 bits per heavy atom. The standard InChI is InChI=1S/C17H15BrCl2N2O3S/c18-13-6-4-12(5-7-13)17(23)21-8-10-22(11-9-21)26(24,25)16-14(19)2-1-3-15(16)20/h1-7H,8-11H2. The fourth-order valence-corrected chi connectivity index (χ4v) is 5.54. The highest BCUT2D eigenvalue weighted by Gasteiger charge is 2.33. The molecule has 0 atom stereocenters. The van der Waals surface area contributed by atoms with E-state index < -0.39 is 10.0 Å². The number of hydrogen-bond donors (Lipinski definition) is 0. The van der Waals surface area contributed by atoms with E-state index in [-0.39, 0.29) is 33.9 Å². The molecule has 1 aliphatic rings. The summed E-state index contributed by atoms with van der Waals surface area (Å²) in [5.74, 6) is -0.120. The molecule has 2 aromatic carbocycles. The summed E-state index contributed by atoms with van der Waals surface area (Å²) < 4.78 is 27.9. The molecule has 26 heavy (non-hydrogen) atoms. The Labute approximate surface area is 170 Å². The zero-order valence-electron chi connectivity index (χ0n) is 13.5. The maximum atomic E-state index is 12.9. The molecular weight excluding hydrogens is 463 g/mol. The van der Waals surface area contributed by atoms with Crippen molar-refractivity contribution in [2.45, 2.75) is 4.90 Å². The normalized spacial score (nSPS) is 15.9. The molecule has 1 saturated heterocycles. The second-order valence-electron chi connectivity index (χ2n) is 5.75. The van der Waals surface area contributed by atoms with Gasteiger partial charge in [-0.25, -0.2) is 8.42 Å². The van der Waals surface area contributed by atoms with Gasteiger partial charge in [-0.3, -0.25) is 4.79 Å². The average molecular weight is 478 g/mol. The van der Waals surface area contributed by atoms with E-state index in [1.807, 2.05) is 0 Å². The summed E-state index contributed by atoms with van der Waals surface area (Å²) in [6, 6.07) is 11.7. The van der Waals surface area contributed by atoms with Crippen molar-refractivity contribution >= 4 is 55.1 Å². The van der Waals surface area contributed by atoms with Gasteiger partial charge in [0.25, 0.3) is 5.91 Å². The van der Waals surface area contributed by atoms with E-state index in [2.05, 4.69) is 15.9 Å². The first kappa shape index (κ1) is 19.6. The molecule has 1 aliphatic heterocycles. The predicted octanol–water partition coefficient (Wildman–Crippen LogP) is 3.90. The lowest BCUT2D eigenvalue weighted by atomic mass is 10.2. The molecule has 5 nitrogen and oxygen atoms in total. The first-order valence-corrected chi connectivity index (χ1v) is 10.8. The molecule has 0 spiro atoms. The largest absolute Gasteiger partial charge is 0.336 e. The molecule has 1 heterocycles. The van der Waals surface area contributed by atoms with Crippen LogP contribution in [0.15, 0.2) is 51.8 Å². The Morgan fingerprint density at radius 2 is 1.46 bits per heavy atom. The van der Waals surface area contributed by atoms with Gasteiger partial charge in [-0.2, -0.15) is 4.31 Å². The molecule has 1 fully saturated rings. The number of rotatable bonds is 3. The van der Waals surface area contributed by atoms with E-state index in [4.69, 9.17) is 23.2 Å². The molecule has 0 N–H and O–H groups in total. The smallest absolute Gasteiger partial charge is 0.253 e. The number of carbonyl (C=O) groups is 1. The summed E-state index contributed by atoms with van der Waals surface area (Å²) >= 11 is 15.4. The second kappa shape index (κ2) is 7.86. The van der Waals surface area contributed by atoms with Crippen LogP contribution in [-0.4, -0.2) is 49.7 Å². The van der Waals surface area contributed by atoms with Gasteiger partial charge in [-0.05, 0) is 36.4 Å². The zero-order chi connectivity index (χ0) is 18.9. The lowest BCUT2D eigenvalue weighted by Gasteiger charge is -2.34. The summed E-state index contributed by atoms with van der Waals surface area (Å²) in [6.07, 6.45) is 0. The van der Waals surface area contributed by atoms with E-state index in [1.165, 1.54) is 16.4 Å². The van der Waals surface area contributed by atoms with Crippen molar-refractivity contribution in [1.29, 1.82) is 0 Å². The number of piperazine rings is 1. The van der Waals surface area contributed by atoms with E-state index in [1.54, 1.807) is 35.2 Å². The number of benzene rings is 2. The summed E-state index contributed by atoms with van der Waals surface area (Å²) in [7, 11) is -3.82. The predicted molar refractivity (Wildman–Crippen MR) is 105 cm³/mol. The van der Waals surface area contributed by atoms with Gasteiger partial charge in [-0.15, -0.1) is 0 Å². The number of nitrogens with zero attached hydrogens (tertiary/aromatic N) is 2. The minimum atomic E-state index is -3.82. The van der Waals surface area contributed by atoms with Gasteiger partial charge in [0.15, 0.2) is 0 Å². The number of sulfonamides is 1. The maximum Gasteiger partial charge on any atom is 0.253 e. The zero-order valence-corrected chi connectivity index (χ0v) is 17.4. The molecule has 0 radical (unpaired) electrons. The van der Waals surface area contributed by atoms with Gasteiger partial charge < -0.3 is 4.90 Å². The van der Waals surface area contributed by atoms with Crippen molar-refractivity contribution in [2.24, 2.45) is 0 Å². The summed E-state index contributed by atoms with van der Waals surface area (Å²) in [4.78, 5) is 14.1. The average Bonchev–Trinajstić information content (AvgIpc) is 2.61. The lowest BCUT2D eigenvalue weighted by Crippen LogP contribution is -2.50. The lowest BCUT2D eigenvalue weighted by molar-refractivity contribution is 0.0698.